The fraction of sp³-hybridized carbons (Fsp3) is 0.389. The number of carbonyl (C=O) groups excluding carboxylic acids is 1. The third kappa shape index (κ3) is 2.08. The molecule has 1 amide bonds. The topological polar surface area (TPSA) is 23.6 Å². The largest absolute Gasteiger partial charge is 0.350 e. The Morgan fingerprint density at radius 2 is 2.05 bits per heavy atom. The summed E-state index contributed by atoms with van der Waals surface area (Å²) in [5.41, 5.74) is 5.73. The lowest BCUT2D eigenvalue weighted by molar-refractivity contribution is -0.126. The van der Waals surface area contributed by atoms with Gasteiger partial charge in [0.15, 0.2) is 0 Å². The van der Waals surface area contributed by atoms with Crippen LogP contribution in [0.15, 0.2) is 36.0 Å². The second kappa shape index (κ2) is 5.06. The molecule has 0 saturated heterocycles. The van der Waals surface area contributed by atoms with E-state index in [4.69, 9.17) is 0 Å². The fourth-order valence-electron chi connectivity index (χ4n) is 3.41. The summed E-state index contributed by atoms with van der Waals surface area (Å²) >= 11 is 0. The predicted molar refractivity (Wildman–Crippen MR) is 85.3 cm³/mol. The average Bonchev–Trinajstić information content (AvgIpc) is 2.57. The highest BCUT2D eigenvalue weighted by atomic mass is 16.2. The molecular formula is C18H22N2O. The Bertz CT molecular complexity index is 657. The lowest BCUT2D eigenvalue weighted by Crippen LogP contribution is -2.31. The van der Waals surface area contributed by atoms with Crippen molar-refractivity contribution in [3.05, 3.63) is 52.7 Å². The van der Waals surface area contributed by atoms with Gasteiger partial charge in [-0.05, 0) is 24.5 Å². The van der Waals surface area contributed by atoms with E-state index < -0.39 is 0 Å². The van der Waals surface area contributed by atoms with E-state index in [1.807, 2.05) is 19.0 Å². The molecule has 0 saturated carbocycles. The number of nitrogens with zero attached hydrogens (tertiary/aromatic N) is 2. The number of aryl methyl sites for hydroxylation is 1. The number of amides is 1. The Balaban J connectivity index is 2.33. The molecule has 110 valence electrons. The highest BCUT2D eigenvalue weighted by Gasteiger charge is 2.33. The van der Waals surface area contributed by atoms with Gasteiger partial charge >= 0.3 is 0 Å². The summed E-state index contributed by atoms with van der Waals surface area (Å²) in [7, 11) is 3.93. The zero-order chi connectivity index (χ0) is 15.1. The van der Waals surface area contributed by atoms with E-state index in [0.717, 1.165) is 17.7 Å². The second-order valence-electron chi connectivity index (χ2n) is 6.00. The quantitative estimate of drug-likeness (QED) is 0.790. The Kier molecular flexibility index (Phi) is 3.36. The maximum Gasteiger partial charge on any atom is 0.252 e. The molecule has 1 atom stereocenters. The molecule has 2 aliphatic rings. The molecule has 0 spiro atoms. The van der Waals surface area contributed by atoms with Crippen molar-refractivity contribution in [2.75, 3.05) is 14.1 Å². The number of hydrogen-bond acceptors (Lipinski definition) is 2. The van der Waals surface area contributed by atoms with Gasteiger partial charge in [0, 0.05) is 43.9 Å². The van der Waals surface area contributed by atoms with E-state index in [-0.39, 0.29) is 11.8 Å². The minimum Gasteiger partial charge on any atom is -0.350 e. The lowest BCUT2D eigenvalue weighted by Gasteiger charge is -2.30. The maximum absolute atomic E-state index is 12.9. The van der Waals surface area contributed by atoms with Crippen molar-refractivity contribution in [1.29, 1.82) is 0 Å². The SMILES string of the molecule is CCC1C=CN(C)C2=C1C(=O)N(C)Cc1cccc(C)c12. The van der Waals surface area contributed by atoms with Crippen molar-refractivity contribution >= 4 is 11.6 Å². The highest BCUT2D eigenvalue weighted by molar-refractivity contribution is 6.03. The highest BCUT2D eigenvalue weighted by Crippen LogP contribution is 2.39. The Morgan fingerprint density at radius 1 is 1.29 bits per heavy atom. The summed E-state index contributed by atoms with van der Waals surface area (Å²) in [6, 6.07) is 6.34. The van der Waals surface area contributed by atoms with Crippen molar-refractivity contribution in [2.24, 2.45) is 5.92 Å². The number of carbonyl (C=O) groups is 1. The van der Waals surface area contributed by atoms with Gasteiger partial charge in [-0.25, -0.2) is 0 Å². The molecule has 0 aliphatic carbocycles. The van der Waals surface area contributed by atoms with Crippen LogP contribution in [0.5, 0.6) is 0 Å². The standard InChI is InChI=1S/C18H22N2O/c1-5-13-9-10-19(3)17-15-12(2)7-6-8-14(15)11-20(4)18(21)16(13)17/h6-10,13H,5,11H2,1-4H3. The number of hydrogen-bond donors (Lipinski definition) is 0. The monoisotopic (exact) mass is 282 g/mol. The predicted octanol–water partition coefficient (Wildman–Crippen LogP) is 3.16. The molecule has 2 heterocycles. The van der Waals surface area contributed by atoms with Gasteiger partial charge in [0.2, 0.25) is 0 Å². The molecule has 3 heteroatoms. The zero-order valence-electron chi connectivity index (χ0n) is 13.2. The number of fused-ring (bicyclic) bond motifs is 2. The summed E-state index contributed by atoms with van der Waals surface area (Å²) in [6.45, 7) is 4.95. The Morgan fingerprint density at radius 3 is 2.76 bits per heavy atom. The van der Waals surface area contributed by atoms with E-state index in [9.17, 15) is 4.79 Å². The average molecular weight is 282 g/mol. The van der Waals surface area contributed by atoms with Crippen LogP contribution in [-0.4, -0.2) is 29.8 Å². The molecular weight excluding hydrogens is 260 g/mol. The molecule has 0 bridgehead atoms. The molecule has 0 radical (unpaired) electrons. The Hall–Kier alpha value is -2.03. The summed E-state index contributed by atoms with van der Waals surface area (Å²) in [5, 5.41) is 0. The Labute approximate surface area is 126 Å². The number of rotatable bonds is 1. The molecule has 0 aromatic heterocycles. The van der Waals surface area contributed by atoms with Crippen LogP contribution in [0.25, 0.3) is 5.70 Å². The van der Waals surface area contributed by atoms with Gasteiger partial charge < -0.3 is 9.80 Å². The molecule has 1 aromatic carbocycles. The van der Waals surface area contributed by atoms with Gasteiger partial charge in [0.25, 0.3) is 5.91 Å². The first kappa shape index (κ1) is 13.9. The van der Waals surface area contributed by atoms with E-state index in [2.05, 4.69) is 49.2 Å². The molecule has 2 aliphatic heterocycles. The molecule has 0 fully saturated rings. The lowest BCUT2D eigenvalue weighted by atomic mass is 9.87. The molecule has 1 unspecified atom stereocenters. The van der Waals surface area contributed by atoms with Gasteiger partial charge in [-0.3, -0.25) is 4.79 Å². The van der Waals surface area contributed by atoms with Gasteiger partial charge in [-0.15, -0.1) is 0 Å². The molecule has 0 N–H and O–H groups in total. The number of benzene rings is 1. The van der Waals surface area contributed by atoms with Crippen molar-refractivity contribution in [2.45, 2.75) is 26.8 Å². The summed E-state index contributed by atoms with van der Waals surface area (Å²) in [4.78, 5) is 16.8. The van der Waals surface area contributed by atoms with Gasteiger partial charge in [-0.2, -0.15) is 0 Å². The number of likely N-dealkylation sites (N-methyl/N-ethyl adjacent to an activating group) is 1. The van der Waals surface area contributed by atoms with Crippen molar-refractivity contribution in [1.82, 2.24) is 9.80 Å². The summed E-state index contributed by atoms with van der Waals surface area (Å²) in [6.07, 6.45) is 5.19. The zero-order valence-corrected chi connectivity index (χ0v) is 13.2. The van der Waals surface area contributed by atoms with E-state index in [1.54, 1.807) is 0 Å². The molecule has 1 aromatic rings. The molecule has 3 rings (SSSR count). The van der Waals surface area contributed by atoms with Crippen LogP contribution in [0.4, 0.5) is 0 Å². The van der Waals surface area contributed by atoms with Crippen molar-refractivity contribution in [3.8, 4) is 0 Å². The third-order valence-corrected chi connectivity index (χ3v) is 4.54. The second-order valence-corrected chi connectivity index (χ2v) is 6.00. The van der Waals surface area contributed by atoms with Crippen LogP contribution in [0.2, 0.25) is 0 Å². The number of allylic oxidation sites excluding steroid dienone is 1. The molecule has 21 heavy (non-hydrogen) atoms. The van der Waals surface area contributed by atoms with Crippen LogP contribution in [0, 0.1) is 12.8 Å². The molecule has 3 nitrogen and oxygen atoms in total. The van der Waals surface area contributed by atoms with E-state index >= 15 is 0 Å². The van der Waals surface area contributed by atoms with Crippen LogP contribution in [0.1, 0.15) is 30.0 Å². The van der Waals surface area contributed by atoms with Crippen LogP contribution in [0.3, 0.4) is 0 Å². The van der Waals surface area contributed by atoms with E-state index in [1.165, 1.54) is 16.7 Å². The first-order valence-corrected chi connectivity index (χ1v) is 7.54. The minimum atomic E-state index is 0.156. The first-order chi connectivity index (χ1) is 10.0. The minimum absolute atomic E-state index is 0.156. The van der Waals surface area contributed by atoms with Crippen LogP contribution < -0.4 is 0 Å². The van der Waals surface area contributed by atoms with Crippen LogP contribution >= 0.6 is 0 Å². The van der Waals surface area contributed by atoms with E-state index in [0.29, 0.717) is 6.54 Å². The van der Waals surface area contributed by atoms with Gasteiger partial charge in [0.05, 0.1) is 5.70 Å². The van der Waals surface area contributed by atoms with Crippen molar-refractivity contribution in [3.63, 3.8) is 0 Å². The summed E-state index contributed by atoms with van der Waals surface area (Å²) in [5.74, 6) is 0.361. The van der Waals surface area contributed by atoms with Crippen LogP contribution in [-0.2, 0) is 11.3 Å². The smallest absolute Gasteiger partial charge is 0.252 e. The fourth-order valence-corrected chi connectivity index (χ4v) is 3.41. The summed E-state index contributed by atoms with van der Waals surface area (Å²) < 4.78 is 0. The normalized spacial score (nSPS) is 21.3. The maximum atomic E-state index is 12.9. The van der Waals surface area contributed by atoms with Crippen molar-refractivity contribution < 1.29 is 4.79 Å². The third-order valence-electron chi connectivity index (χ3n) is 4.54. The first-order valence-electron chi connectivity index (χ1n) is 7.54. The van der Waals surface area contributed by atoms with Gasteiger partial charge in [-0.1, -0.05) is 31.2 Å². The van der Waals surface area contributed by atoms with Gasteiger partial charge in [0.1, 0.15) is 0 Å².